The minimum atomic E-state index is -2.95. The zero-order chi connectivity index (χ0) is 30.7. The van der Waals surface area contributed by atoms with E-state index in [9.17, 15) is 13.2 Å². The summed E-state index contributed by atoms with van der Waals surface area (Å²) in [5.41, 5.74) is 5.55. The maximum Gasteiger partial charge on any atom is 0.304 e. The topological polar surface area (TPSA) is 99.2 Å². The molecule has 228 valence electrons. The predicted molar refractivity (Wildman–Crippen MR) is 172 cm³/mol. The fourth-order valence-corrected chi connectivity index (χ4v) is 5.73. The molecule has 3 aromatic rings. The van der Waals surface area contributed by atoms with E-state index in [2.05, 4.69) is 63.4 Å². The van der Waals surface area contributed by atoms with E-state index in [4.69, 9.17) is 9.84 Å². The number of sulfone groups is 1. The number of nitrogens with one attached hydrogen (secondary N) is 1. The van der Waals surface area contributed by atoms with Crippen molar-refractivity contribution in [1.82, 2.24) is 4.90 Å². The van der Waals surface area contributed by atoms with Crippen molar-refractivity contribution in [2.45, 2.75) is 38.8 Å². The maximum absolute atomic E-state index is 11.2. The molecule has 2 N–H and O–H groups in total. The summed E-state index contributed by atoms with van der Waals surface area (Å²) >= 11 is 0. The Labute approximate surface area is 255 Å². The molecule has 3 aromatic carbocycles. The first-order valence-electron chi connectivity index (χ1n) is 14.6. The minimum Gasteiger partial charge on any atom is -0.494 e. The molecule has 0 saturated carbocycles. The molecule has 0 aliphatic carbocycles. The number of nitrogens with zero attached hydrogens (tertiary/aromatic N) is 2. The van der Waals surface area contributed by atoms with E-state index in [0.717, 1.165) is 49.7 Å². The van der Waals surface area contributed by atoms with Crippen LogP contribution in [0.15, 0.2) is 72.8 Å². The highest BCUT2D eigenvalue weighted by Gasteiger charge is 2.18. The van der Waals surface area contributed by atoms with E-state index >= 15 is 0 Å². The van der Waals surface area contributed by atoms with Crippen LogP contribution in [0.2, 0.25) is 0 Å². The standard InChI is InChI=1S/C34H41N3O5S/c1-3-5-30(24-34(38)39)29-10-12-31(13-11-29)35-25-27-6-8-28(9-7-27)26-36-18-20-37(21-19-36)32-14-16-33(17-15-32)42-22-4-23-43(2,40)41/h6-17,30,35H,4,18-26H2,1-2H3,(H,38,39)/t30-/m0/s1. The number of carbonyl (C=O) groups is 1. The Morgan fingerprint density at radius 1 is 0.953 bits per heavy atom. The third kappa shape index (κ3) is 10.7. The van der Waals surface area contributed by atoms with Crippen LogP contribution in [0, 0.1) is 11.8 Å². The van der Waals surface area contributed by atoms with Crippen LogP contribution in [0.3, 0.4) is 0 Å². The highest BCUT2D eigenvalue weighted by molar-refractivity contribution is 7.90. The van der Waals surface area contributed by atoms with E-state index < -0.39 is 15.8 Å². The van der Waals surface area contributed by atoms with Crippen LogP contribution in [0.5, 0.6) is 5.75 Å². The van der Waals surface area contributed by atoms with E-state index in [1.807, 2.05) is 36.4 Å². The number of hydrogen-bond acceptors (Lipinski definition) is 7. The van der Waals surface area contributed by atoms with Crippen molar-refractivity contribution in [3.05, 3.63) is 89.5 Å². The Morgan fingerprint density at radius 3 is 2.21 bits per heavy atom. The lowest BCUT2D eigenvalue weighted by Gasteiger charge is -2.36. The number of carboxylic acids is 1. The molecule has 1 fully saturated rings. The van der Waals surface area contributed by atoms with Gasteiger partial charge in [-0.15, -0.1) is 5.92 Å². The highest BCUT2D eigenvalue weighted by Crippen LogP contribution is 2.23. The van der Waals surface area contributed by atoms with Gasteiger partial charge in [0.25, 0.3) is 0 Å². The molecule has 4 rings (SSSR count). The second-order valence-corrected chi connectivity index (χ2v) is 13.2. The second-order valence-electron chi connectivity index (χ2n) is 10.9. The molecule has 1 atom stereocenters. The molecule has 0 aromatic heterocycles. The number of rotatable bonds is 14. The van der Waals surface area contributed by atoms with Gasteiger partial charge in [-0.3, -0.25) is 9.69 Å². The largest absolute Gasteiger partial charge is 0.494 e. The Balaban J connectivity index is 1.18. The summed E-state index contributed by atoms with van der Waals surface area (Å²) in [5, 5.41) is 12.6. The van der Waals surface area contributed by atoms with Gasteiger partial charge in [-0.2, -0.15) is 0 Å². The van der Waals surface area contributed by atoms with Crippen molar-refractivity contribution >= 4 is 27.2 Å². The highest BCUT2D eigenvalue weighted by atomic mass is 32.2. The van der Waals surface area contributed by atoms with Gasteiger partial charge in [-0.05, 0) is 66.4 Å². The number of ether oxygens (including phenoxy) is 1. The third-order valence-electron chi connectivity index (χ3n) is 7.44. The van der Waals surface area contributed by atoms with Crippen LogP contribution >= 0.6 is 0 Å². The van der Waals surface area contributed by atoms with Crippen LogP contribution in [0.1, 0.15) is 42.4 Å². The van der Waals surface area contributed by atoms with E-state index in [0.29, 0.717) is 19.6 Å². The molecular formula is C34H41N3O5S. The number of piperazine rings is 1. The summed E-state index contributed by atoms with van der Waals surface area (Å²) < 4.78 is 28.2. The van der Waals surface area contributed by atoms with Crippen molar-refractivity contribution in [2.75, 3.05) is 55.0 Å². The van der Waals surface area contributed by atoms with Gasteiger partial charge in [0, 0.05) is 56.9 Å². The fourth-order valence-electron chi connectivity index (χ4n) is 5.09. The van der Waals surface area contributed by atoms with Crippen molar-refractivity contribution in [3.63, 3.8) is 0 Å². The first kappa shape index (κ1) is 31.9. The Hall–Kier alpha value is -4.00. The molecule has 0 spiro atoms. The lowest BCUT2D eigenvalue weighted by Crippen LogP contribution is -2.45. The van der Waals surface area contributed by atoms with E-state index in [1.54, 1.807) is 6.92 Å². The first-order valence-corrected chi connectivity index (χ1v) is 16.7. The van der Waals surface area contributed by atoms with Gasteiger partial charge >= 0.3 is 5.97 Å². The zero-order valence-corrected chi connectivity index (χ0v) is 25.8. The molecule has 0 radical (unpaired) electrons. The van der Waals surface area contributed by atoms with Crippen LogP contribution in [0.25, 0.3) is 0 Å². The summed E-state index contributed by atoms with van der Waals surface area (Å²) in [6, 6.07) is 24.6. The van der Waals surface area contributed by atoms with Crippen LogP contribution < -0.4 is 15.0 Å². The first-order chi connectivity index (χ1) is 20.7. The molecule has 1 saturated heterocycles. The molecule has 1 heterocycles. The van der Waals surface area contributed by atoms with Crippen LogP contribution in [-0.2, 0) is 27.7 Å². The Morgan fingerprint density at radius 2 is 1.60 bits per heavy atom. The van der Waals surface area contributed by atoms with Crippen molar-refractivity contribution < 1.29 is 23.1 Å². The fraction of sp³-hybridized carbons (Fsp3) is 0.382. The average molecular weight is 604 g/mol. The zero-order valence-electron chi connectivity index (χ0n) is 25.0. The number of anilines is 2. The summed E-state index contributed by atoms with van der Waals surface area (Å²) in [4.78, 5) is 16.0. The molecule has 8 nitrogen and oxygen atoms in total. The van der Waals surface area contributed by atoms with E-state index in [-0.39, 0.29) is 18.1 Å². The van der Waals surface area contributed by atoms with Gasteiger partial charge in [0.15, 0.2) is 0 Å². The van der Waals surface area contributed by atoms with Gasteiger partial charge in [0.2, 0.25) is 0 Å². The van der Waals surface area contributed by atoms with Gasteiger partial charge in [-0.25, -0.2) is 8.42 Å². The minimum absolute atomic E-state index is 0.00175. The number of aliphatic carboxylic acids is 1. The smallest absolute Gasteiger partial charge is 0.304 e. The SMILES string of the molecule is CC#C[C@@H](CC(=O)O)c1ccc(NCc2ccc(CN3CCN(c4ccc(OCCCS(C)(=O)=O)cc4)CC3)cc2)cc1. The Bertz CT molecular complexity index is 1490. The van der Waals surface area contributed by atoms with E-state index in [1.165, 1.54) is 23.1 Å². The molecule has 0 amide bonds. The normalized spacial score (nSPS) is 14.4. The summed E-state index contributed by atoms with van der Waals surface area (Å²) in [6.07, 6.45) is 1.73. The van der Waals surface area contributed by atoms with Crippen molar-refractivity contribution in [1.29, 1.82) is 0 Å². The van der Waals surface area contributed by atoms with Crippen molar-refractivity contribution in [2.24, 2.45) is 0 Å². The lowest BCUT2D eigenvalue weighted by molar-refractivity contribution is -0.137. The molecule has 1 aliphatic heterocycles. The summed E-state index contributed by atoms with van der Waals surface area (Å²) in [5.74, 6) is 5.57. The van der Waals surface area contributed by atoms with Crippen molar-refractivity contribution in [3.8, 4) is 17.6 Å². The summed E-state index contributed by atoms with van der Waals surface area (Å²) in [6.45, 7) is 7.63. The van der Waals surface area contributed by atoms with Gasteiger partial charge < -0.3 is 20.1 Å². The van der Waals surface area contributed by atoms with Gasteiger partial charge in [0.1, 0.15) is 15.6 Å². The maximum atomic E-state index is 11.2. The lowest BCUT2D eigenvalue weighted by atomic mass is 9.96. The number of carboxylic acid groups (broad SMARTS) is 1. The third-order valence-corrected chi connectivity index (χ3v) is 8.47. The quantitative estimate of drug-likeness (QED) is 0.196. The molecule has 9 heteroatoms. The molecule has 1 aliphatic rings. The monoisotopic (exact) mass is 603 g/mol. The Kier molecular flexibility index (Phi) is 11.5. The van der Waals surface area contributed by atoms with Gasteiger partial charge in [-0.1, -0.05) is 42.3 Å². The predicted octanol–water partition coefficient (Wildman–Crippen LogP) is 5.02. The number of benzene rings is 3. The molecule has 0 unspecified atom stereocenters. The molecule has 43 heavy (non-hydrogen) atoms. The molecular weight excluding hydrogens is 562 g/mol. The molecule has 0 bridgehead atoms. The van der Waals surface area contributed by atoms with Crippen LogP contribution in [-0.4, -0.2) is 69.2 Å². The summed E-state index contributed by atoms with van der Waals surface area (Å²) in [7, 11) is -2.95. The second kappa shape index (κ2) is 15.5. The average Bonchev–Trinajstić information content (AvgIpc) is 2.99. The van der Waals surface area contributed by atoms with Crippen LogP contribution in [0.4, 0.5) is 11.4 Å². The van der Waals surface area contributed by atoms with Gasteiger partial charge in [0.05, 0.1) is 24.7 Å². The number of hydrogen-bond donors (Lipinski definition) is 2.